The number of rotatable bonds is 4. The van der Waals surface area contributed by atoms with Crippen LogP contribution < -0.4 is 0 Å². The molecule has 5 nitrogen and oxygen atoms in total. The Morgan fingerprint density at radius 3 is 2.10 bits per heavy atom. The van der Waals surface area contributed by atoms with E-state index >= 15 is 0 Å². The quantitative estimate of drug-likeness (QED) is 0.832. The molecular formula is C15H29N3O2. The van der Waals surface area contributed by atoms with Gasteiger partial charge in [-0.2, -0.15) is 0 Å². The summed E-state index contributed by atoms with van der Waals surface area (Å²) in [5.74, 6) is -0.651. The predicted molar refractivity (Wildman–Crippen MR) is 80.0 cm³/mol. The number of piperazine rings is 1. The summed E-state index contributed by atoms with van der Waals surface area (Å²) in [5.41, 5.74) is -0.113. The summed E-state index contributed by atoms with van der Waals surface area (Å²) in [7, 11) is 2.14. The monoisotopic (exact) mass is 283 g/mol. The van der Waals surface area contributed by atoms with Crippen LogP contribution in [0.2, 0.25) is 0 Å². The van der Waals surface area contributed by atoms with Crippen LogP contribution in [0.25, 0.3) is 0 Å². The fourth-order valence-electron chi connectivity index (χ4n) is 3.62. The summed E-state index contributed by atoms with van der Waals surface area (Å²) in [4.78, 5) is 18.6. The highest BCUT2D eigenvalue weighted by molar-refractivity contribution is 5.68. The molecule has 0 unspecified atom stereocenters. The Labute approximate surface area is 122 Å². The highest BCUT2D eigenvalue weighted by Gasteiger charge is 2.42. The van der Waals surface area contributed by atoms with Crippen molar-refractivity contribution >= 4 is 5.97 Å². The van der Waals surface area contributed by atoms with Gasteiger partial charge in [-0.25, -0.2) is 0 Å². The van der Waals surface area contributed by atoms with Crippen LogP contribution in [0.3, 0.4) is 0 Å². The number of hydrogen-bond acceptors (Lipinski definition) is 4. The number of aliphatic carboxylic acids is 1. The van der Waals surface area contributed by atoms with Gasteiger partial charge in [-0.15, -0.1) is 0 Å². The average molecular weight is 283 g/mol. The van der Waals surface area contributed by atoms with E-state index < -0.39 is 5.97 Å². The van der Waals surface area contributed by atoms with Gasteiger partial charge in [-0.3, -0.25) is 9.69 Å². The molecule has 0 bridgehead atoms. The predicted octanol–water partition coefficient (Wildman–Crippen LogP) is 0.952. The van der Waals surface area contributed by atoms with Crippen molar-refractivity contribution < 1.29 is 9.90 Å². The zero-order valence-electron chi connectivity index (χ0n) is 13.1. The minimum atomic E-state index is -0.651. The van der Waals surface area contributed by atoms with Crippen LogP contribution in [0, 0.1) is 0 Å². The first kappa shape index (κ1) is 15.7. The Hall–Kier alpha value is -0.650. The summed E-state index contributed by atoms with van der Waals surface area (Å²) in [6.45, 7) is 10.6. The van der Waals surface area contributed by atoms with Gasteiger partial charge in [0.1, 0.15) is 0 Å². The van der Waals surface area contributed by atoms with Gasteiger partial charge in [-0.05, 0) is 33.7 Å². The average Bonchev–Trinajstić information content (AvgIpc) is 2.39. The molecule has 2 heterocycles. The van der Waals surface area contributed by atoms with Crippen LogP contribution in [0.5, 0.6) is 0 Å². The molecule has 0 saturated carbocycles. The maximum absolute atomic E-state index is 11.3. The molecule has 0 radical (unpaired) electrons. The first-order chi connectivity index (χ1) is 9.43. The summed E-state index contributed by atoms with van der Waals surface area (Å²) in [6.07, 6.45) is 2.27. The number of piperidine rings is 1. The second kappa shape index (κ2) is 6.41. The number of nitrogens with zero attached hydrogens (tertiary/aromatic N) is 3. The molecule has 0 aromatic heterocycles. The number of likely N-dealkylation sites (tertiary alicyclic amines) is 1. The highest BCUT2D eigenvalue weighted by atomic mass is 16.4. The maximum Gasteiger partial charge on any atom is 0.305 e. The van der Waals surface area contributed by atoms with E-state index in [1.807, 2.05) is 0 Å². The van der Waals surface area contributed by atoms with E-state index in [4.69, 9.17) is 0 Å². The van der Waals surface area contributed by atoms with Gasteiger partial charge in [0.25, 0.3) is 0 Å². The molecule has 2 aliphatic rings. The molecule has 5 heteroatoms. The fraction of sp³-hybridized carbons (Fsp3) is 0.933. The first-order valence-corrected chi connectivity index (χ1v) is 7.82. The lowest BCUT2D eigenvalue weighted by atomic mass is 9.81. The molecule has 2 fully saturated rings. The topological polar surface area (TPSA) is 47.0 Å². The molecule has 2 aliphatic heterocycles. The smallest absolute Gasteiger partial charge is 0.305 e. The molecule has 20 heavy (non-hydrogen) atoms. The van der Waals surface area contributed by atoms with Gasteiger partial charge in [0.2, 0.25) is 0 Å². The van der Waals surface area contributed by atoms with Crippen LogP contribution in [-0.4, -0.2) is 83.7 Å². The molecule has 0 aliphatic carbocycles. The van der Waals surface area contributed by atoms with Crippen LogP contribution >= 0.6 is 0 Å². The second-order valence-electron chi connectivity index (χ2n) is 6.71. The van der Waals surface area contributed by atoms with E-state index in [0.717, 1.165) is 52.1 Å². The number of carboxylic acids is 1. The fourth-order valence-corrected chi connectivity index (χ4v) is 3.62. The van der Waals surface area contributed by atoms with E-state index in [1.165, 1.54) is 0 Å². The lowest BCUT2D eigenvalue weighted by Crippen LogP contribution is -2.61. The van der Waals surface area contributed by atoms with Gasteiger partial charge < -0.3 is 14.9 Å². The van der Waals surface area contributed by atoms with Crippen LogP contribution in [0.1, 0.15) is 33.1 Å². The lowest BCUT2D eigenvalue weighted by Gasteiger charge is -2.51. The standard InChI is InChI=1S/C15H29N3O2/c1-13(2)17-6-4-15(5-7-17,12-14(19)20)18-10-8-16(3)9-11-18/h13H,4-12H2,1-3H3,(H,19,20). The zero-order chi connectivity index (χ0) is 14.8. The van der Waals surface area contributed by atoms with E-state index in [1.54, 1.807) is 0 Å². The van der Waals surface area contributed by atoms with E-state index in [2.05, 4.69) is 35.6 Å². The van der Waals surface area contributed by atoms with E-state index in [9.17, 15) is 9.90 Å². The highest BCUT2D eigenvalue weighted by Crippen LogP contribution is 2.33. The Morgan fingerprint density at radius 1 is 1.10 bits per heavy atom. The van der Waals surface area contributed by atoms with Gasteiger partial charge in [0.15, 0.2) is 0 Å². The molecule has 0 amide bonds. The van der Waals surface area contributed by atoms with E-state index in [0.29, 0.717) is 12.5 Å². The molecule has 0 atom stereocenters. The maximum atomic E-state index is 11.3. The molecule has 2 rings (SSSR count). The number of carboxylic acid groups (broad SMARTS) is 1. The van der Waals surface area contributed by atoms with Crippen LogP contribution in [0.4, 0.5) is 0 Å². The summed E-state index contributed by atoms with van der Waals surface area (Å²) in [5, 5.41) is 9.34. The molecular weight excluding hydrogens is 254 g/mol. The molecule has 1 N–H and O–H groups in total. The summed E-state index contributed by atoms with van der Waals surface area (Å²) in [6, 6.07) is 0.560. The second-order valence-corrected chi connectivity index (χ2v) is 6.71. The third kappa shape index (κ3) is 3.51. The Bertz CT molecular complexity index is 330. The van der Waals surface area contributed by atoms with Crippen molar-refractivity contribution in [3.63, 3.8) is 0 Å². The van der Waals surface area contributed by atoms with Crippen molar-refractivity contribution in [1.29, 1.82) is 0 Å². The van der Waals surface area contributed by atoms with Crippen molar-refractivity contribution in [3.05, 3.63) is 0 Å². The zero-order valence-corrected chi connectivity index (χ0v) is 13.1. The van der Waals surface area contributed by atoms with Gasteiger partial charge in [-0.1, -0.05) is 0 Å². The van der Waals surface area contributed by atoms with Crippen molar-refractivity contribution in [2.45, 2.75) is 44.7 Å². The van der Waals surface area contributed by atoms with Crippen LogP contribution in [0.15, 0.2) is 0 Å². The third-order valence-electron chi connectivity index (χ3n) is 5.11. The number of likely N-dealkylation sites (N-methyl/N-ethyl adjacent to an activating group) is 1. The number of hydrogen-bond donors (Lipinski definition) is 1. The summed E-state index contributed by atoms with van der Waals surface area (Å²) >= 11 is 0. The minimum absolute atomic E-state index is 0.113. The molecule has 0 aromatic rings. The first-order valence-electron chi connectivity index (χ1n) is 7.82. The lowest BCUT2D eigenvalue weighted by molar-refractivity contribution is -0.142. The third-order valence-corrected chi connectivity index (χ3v) is 5.11. The minimum Gasteiger partial charge on any atom is -0.481 e. The molecule has 0 aromatic carbocycles. The van der Waals surface area contributed by atoms with Crippen molar-refractivity contribution in [1.82, 2.24) is 14.7 Å². The Balaban J connectivity index is 2.05. The van der Waals surface area contributed by atoms with Gasteiger partial charge in [0, 0.05) is 50.8 Å². The molecule has 2 saturated heterocycles. The summed E-state index contributed by atoms with van der Waals surface area (Å²) < 4.78 is 0. The SMILES string of the molecule is CC(C)N1CCC(CC(=O)O)(N2CCN(C)CC2)CC1. The van der Waals surface area contributed by atoms with Crippen LogP contribution in [-0.2, 0) is 4.79 Å². The van der Waals surface area contributed by atoms with Crippen molar-refractivity contribution in [2.24, 2.45) is 0 Å². The Morgan fingerprint density at radius 2 is 1.65 bits per heavy atom. The van der Waals surface area contributed by atoms with Gasteiger partial charge in [0.05, 0.1) is 6.42 Å². The Kier molecular flexibility index (Phi) is 5.04. The molecule has 116 valence electrons. The normalized spacial score (nSPS) is 26.0. The largest absolute Gasteiger partial charge is 0.481 e. The molecule has 0 spiro atoms. The van der Waals surface area contributed by atoms with E-state index in [-0.39, 0.29) is 5.54 Å². The van der Waals surface area contributed by atoms with Crippen molar-refractivity contribution in [2.75, 3.05) is 46.3 Å². The number of carbonyl (C=O) groups is 1. The van der Waals surface area contributed by atoms with Crippen molar-refractivity contribution in [3.8, 4) is 0 Å². The van der Waals surface area contributed by atoms with Gasteiger partial charge >= 0.3 is 5.97 Å².